The molecule has 5 rings (SSSR count). The van der Waals surface area contributed by atoms with Crippen molar-refractivity contribution in [3.8, 4) is 16.9 Å². The van der Waals surface area contributed by atoms with E-state index in [0.29, 0.717) is 43.2 Å². The molecule has 2 N–H and O–H groups in total. The van der Waals surface area contributed by atoms with Crippen molar-refractivity contribution < 1.29 is 32.0 Å². The highest BCUT2D eigenvalue weighted by atomic mass is 19.4. The van der Waals surface area contributed by atoms with Crippen LogP contribution in [0.2, 0.25) is 0 Å². The topological polar surface area (TPSA) is 110 Å². The highest BCUT2D eigenvalue weighted by Gasteiger charge is 2.47. The fourth-order valence-corrected chi connectivity index (χ4v) is 5.42. The Labute approximate surface area is 241 Å². The molecule has 2 aromatic carbocycles. The number of halogens is 3. The van der Waals surface area contributed by atoms with Crippen LogP contribution in [0.1, 0.15) is 61.5 Å². The zero-order valence-corrected chi connectivity index (χ0v) is 24.0. The van der Waals surface area contributed by atoms with E-state index in [1.807, 2.05) is 37.8 Å². The fourth-order valence-electron chi connectivity index (χ4n) is 5.42. The summed E-state index contributed by atoms with van der Waals surface area (Å²) >= 11 is 0. The Kier molecular flexibility index (Phi) is 8.02. The molecule has 1 aliphatic heterocycles. The van der Waals surface area contributed by atoms with Gasteiger partial charge in [-0.3, -0.25) is 14.5 Å². The van der Waals surface area contributed by atoms with Crippen molar-refractivity contribution in [3.63, 3.8) is 0 Å². The second kappa shape index (κ2) is 11.4. The Morgan fingerprint density at radius 2 is 1.93 bits per heavy atom. The molecular weight excluding hydrogens is 551 g/mol. The molecule has 2 unspecified atom stereocenters. The van der Waals surface area contributed by atoms with Gasteiger partial charge in [-0.1, -0.05) is 29.4 Å². The van der Waals surface area contributed by atoms with Crippen molar-refractivity contribution in [1.82, 2.24) is 25.7 Å². The normalized spacial score (nSPS) is 18.7. The van der Waals surface area contributed by atoms with Gasteiger partial charge in [0.1, 0.15) is 5.75 Å². The molecule has 1 aromatic heterocycles. The Morgan fingerprint density at radius 3 is 2.62 bits per heavy atom. The van der Waals surface area contributed by atoms with Crippen molar-refractivity contribution >= 4 is 11.8 Å². The summed E-state index contributed by atoms with van der Waals surface area (Å²) in [6.07, 6.45) is -3.57. The first-order valence-corrected chi connectivity index (χ1v) is 13.9. The Balaban J connectivity index is 1.37. The SMILES string of the molecule is Cc1noc(C2CC2C(=O)NCc2ccc(-c3cccc(OC(F)(F)F)c3)c3c2CN(CC(=O)NC(C)(C)C)CC3)n1. The molecule has 1 saturated carbocycles. The van der Waals surface area contributed by atoms with E-state index in [2.05, 4.69) is 25.5 Å². The van der Waals surface area contributed by atoms with E-state index in [-0.39, 0.29) is 48.0 Å². The van der Waals surface area contributed by atoms with Crippen molar-refractivity contribution in [2.24, 2.45) is 5.92 Å². The van der Waals surface area contributed by atoms with Crippen LogP contribution in [0.25, 0.3) is 11.1 Å². The summed E-state index contributed by atoms with van der Waals surface area (Å²) in [5.74, 6) is 0.165. The number of nitrogens with zero attached hydrogens (tertiary/aromatic N) is 3. The summed E-state index contributed by atoms with van der Waals surface area (Å²) in [6, 6.07) is 9.67. The third-order valence-electron chi connectivity index (χ3n) is 7.29. The summed E-state index contributed by atoms with van der Waals surface area (Å²) in [6.45, 7) is 9.02. The number of ether oxygens (including phenoxy) is 1. The number of nitrogens with one attached hydrogen (secondary N) is 2. The largest absolute Gasteiger partial charge is 0.573 e. The summed E-state index contributed by atoms with van der Waals surface area (Å²) < 4.78 is 48.0. The number of hydrogen-bond acceptors (Lipinski definition) is 7. The zero-order chi connectivity index (χ0) is 30.2. The number of alkyl halides is 3. The highest BCUT2D eigenvalue weighted by molar-refractivity contribution is 5.82. The van der Waals surface area contributed by atoms with Crippen LogP contribution in [0.4, 0.5) is 13.2 Å². The Morgan fingerprint density at radius 1 is 1.14 bits per heavy atom. The first-order valence-electron chi connectivity index (χ1n) is 13.9. The summed E-state index contributed by atoms with van der Waals surface area (Å²) in [4.78, 5) is 31.9. The molecule has 1 aliphatic carbocycles. The van der Waals surface area contributed by atoms with E-state index in [0.717, 1.165) is 22.3 Å². The number of aromatic nitrogens is 2. The molecule has 224 valence electrons. The molecule has 0 saturated heterocycles. The molecule has 0 bridgehead atoms. The van der Waals surface area contributed by atoms with Gasteiger partial charge in [-0.25, -0.2) is 0 Å². The lowest BCUT2D eigenvalue weighted by molar-refractivity contribution is -0.274. The van der Waals surface area contributed by atoms with Crippen molar-refractivity contribution in [2.45, 2.75) is 71.4 Å². The van der Waals surface area contributed by atoms with Gasteiger partial charge >= 0.3 is 6.36 Å². The smallest absolute Gasteiger partial charge is 0.406 e. The van der Waals surface area contributed by atoms with Crippen LogP contribution in [0.3, 0.4) is 0 Å². The second-order valence-electron chi connectivity index (χ2n) is 11.9. The molecule has 42 heavy (non-hydrogen) atoms. The lowest BCUT2D eigenvalue weighted by Crippen LogP contribution is -2.47. The standard InChI is InChI=1S/C30H34F3N5O4/c1-17-35-28(42-37-17)24-13-23(24)27(40)34-14-19-8-9-21(18-6-5-7-20(12-18)41-30(31,32)33)22-10-11-38(15-25(19)22)16-26(39)36-29(2,3)4/h5-9,12,23-24H,10-11,13-16H2,1-4H3,(H,34,40)(H,36,39). The molecule has 0 spiro atoms. The van der Waals surface area contributed by atoms with Crippen molar-refractivity contribution in [1.29, 1.82) is 0 Å². The number of aryl methyl sites for hydroxylation is 1. The summed E-state index contributed by atoms with van der Waals surface area (Å²) in [5.41, 5.74) is 3.83. The van der Waals surface area contributed by atoms with Gasteiger partial charge in [-0.05, 0) is 80.5 Å². The van der Waals surface area contributed by atoms with E-state index in [4.69, 9.17) is 4.52 Å². The number of carbonyl (C=O) groups excluding carboxylic acids is 2. The van der Waals surface area contributed by atoms with Gasteiger partial charge in [0.15, 0.2) is 5.82 Å². The lowest BCUT2D eigenvalue weighted by Gasteiger charge is -2.32. The third kappa shape index (κ3) is 7.28. The molecule has 2 heterocycles. The minimum absolute atomic E-state index is 0.0921. The number of benzene rings is 2. The predicted octanol–water partition coefficient (Wildman–Crippen LogP) is 4.64. The van der Waals surface area contributed by atoms with Crippen LogP contribution in [0, 0.1) is 12.8 Å². The van der Waals surface area contributed by atoms with Gasteiger partial charge in [-0.15, -0.1) is 13.2 Å². The van der Waals surface area contributed by atoms with Crippen LogP contribution < -0.4 is 15.4 Å². The summed E-state index contributed by atoms with van der Waals surface area (Å²) in [5, 5.41) is 9.81. The van der Waals surface area contributed by atoms with Gasteiger partial charge in [0.05, 0.1) is 18.4 Å². The second-order valence-corrected chi connectivity index (χ2v) is 11.9. The van der Waals surface area contributed by atoms with Gasteiger partial charge in [0.2, 0.25) is 17.7 Å². The van der Waals surface area contributed by atoms with Crippen molar-refractivity contribution in [3.05, 3.63) is 64.8 Å². The van der Waals surface area contributed by atoms with Crippen LogP contribution in [-0.2, 0) is 29.1 Å². The highest BCUT2D eigenvalue weighted by Crippen LogP contribution is 2.47. The Bertz CT molecular complexity index is 1480. The number of amides is 2. The minimum atomic E-state index is -4.79. The van der Waals surface area contributed by atoms with Crippen LogP contribution in [0.15, 0.2) is 40.9 Å². The number of rotatable bonds is 8. The molecule has 12 heteroatoms. The maximum atomic E-state index is 12.9. The van der Waals surface area contributed by atoms with Gasteiger partial charge in [-0.2, -0.15) is 4.98 Å². The first-order chi connectivity index (χ1) is 19.8. The Hall–Kier alpha value is -3.93. The average Bonchev–Trinajstić information content (AvgIpc) is 3.57. The lowest BCUT2D eigenvalue weighted by atomic mass is 9.87. The van der Waals surface area contributed by atoms with Crippen LogP contribution in [0.5, 0.6) is 5.75 Å². The molecular formula is C30H34F3N5O4. The third-order valence-corrected chi connectivity index (χ3v) is 7.29. The minimum Gasteiger partial charge on any atom is -0.406 e. The van der Waals surface area contributed by atoms with Crippen LogP contribution in [-0.4, -0.2) is 51.8 Å². The van der Waals surface area contributed by atoms with Crippen molar-refractivity contribution in [2.75, 3.05) is 13.1 Å². The van der Waals surface area contributed by atoms with E-state index in [9.17, 15) is 22.8 Å². The van der Waals surface area contributed by atoms with Gasteiger partial charge in [0, 0.05) is 25.2 Å². The molecule has 3 aromatic rings. The number of carbonyl (C=O) groups is 2. The van der Waals surface area contributed by atoms with E-state index in [1.54, 1.807) is 13.0 Å². The zero-order valence-electron chi connectivity index (χ0n) is 24.0. The molecule has 9 nitrogen and oxygen atoms in total. The van der Waals surface area contributed by atoms with E-state index < -0.39 is 6.36 Å². The number of hydrogen-bond donors (Lipinski definition) is 2. The molecule has 2 atom stereocenters. The predicted molar refractivity (Wildman–Crippen MR) is 147 cm³/mol. The van der Waals surface area contributed by atoms with E-state index >= 15 is 0 Å². The number of fused-ring (bicyclic) bond motifs is 1. The molecule has 2 aliphatic rings. The molecule has 2 amide bonds. The fraction of sp³-hybridized carbons (Fsp3) is 0.467. The van der Waals surface area contributed by atoms with E-state index in [1.165, 1.54) is 18.2 Å². The first kappa shape index (κ1) is 29.6. The monoisotopic (exact) mass is 585 g/mol. The maximum absolute atomic E-state index is 12.9. The molecule has 0 radical (unpaired) electrons. The van der Waals surface area contributed by atoms with Gasteiger partial charge in [0.25, 0.3) is 0 Å². The summed E-state index contributed by atoms with van der Waals surface area (Å²) in [7, 11) is 0. The molecule has 1 fully saturated rings. The van der Waals surface area contributed by atoms with Crippen LogP contribution >= 0.6 is 0 Å². The quantitative estimate of drug-likeness (QED) is 0.397. The average molecular weight is 586 g/mol. The van der Waals surface area contributed by atoms with Gasteiger partial charge < -0.3 is 19.9 Å². The maximum Gasteiger partial charge on any atom is 0.573 e.